The van der Waals surface area contributed by atoms with E-state index in [9.17, 15) is 8.42 Å². The first kappa shape index (κ1) is 12.8. The van der Waals surface area contributed by atoms with E-state index in [0.29, 0.717) is 17.9 Å². The smallest absolute Gasteiger partial charge is 0.344 e. The van der Waals surface area contributed by atoms with Gasteiger partial charge < -0.3 is 10.5 Å². The number of hydrogen-bond acceptors (Lipinski definition) is 4. The Labute approximate surface area is 106 Å². The van der Waals surface area contributed by atoms with Crippen LogP contribution in [0.5, 0.6) is 0 Å². The number of nitrogens with zero attached hydrogens (tertiary/aromatic N) is 1. The maximum Gasteiger partial charge on any atom is 0.344 e. The van der Waals surface area contributed by atoms with Crippen LogP contribution in [0.3, 0.4) is 0 Å². The molecule has 1 aromatic rings. The summed E-state index contributed by atoms with van der Waals surface area (Å²) in [5.74, 6) is 0.0387. The highest BCUT2D eigenvalue weighted by atomic mass is 32.2. The van der Waals surface area contributed by atoms with Gasteiger partial charge in [-0.2, -0.15) is 8.42 Å². The van der Waals surface area contributed by atoms with Gasteiger partial charge in [-0.3, -0.25) is 4.72 Å². The summed E-state index contributed by atoms with van der Waals surface area (Å²) < 4.78 is 33.6. The van der Waals surface area contributed by atoms with Crippen molar-refractivity contribution in [2.24, 2.45) is 10.1 Å². The molecule has 6 nitrogen and oxygen atoms in total. The monoisotopic (exact) mass is 269 g/mol. The number of rotatable bonds is 4. The van der Waals surface area contributed by atoms with E-state index >= 15 is 0 Å². The second-order valence-electron chi connectivity index (χ2n) is 3.99. The Morgan fingerprint density at radius 1 is 1.44 bits per heavy atom. The molecule has 0 saturated carbocycles. The second-order valence-corrected chi connectivity index (χ2v) is 5.33. The van der Waals surface area contributed by atoms with E-state index < -0.39 is 10.2 Å². The minimum absolute atomic E-state index is 0.0387. The number of aryl methyl sites for hydroxylation is 1. The lowest BCUT2D eigenvalue weighted by atomic mass is 10.0. The lowest BCUT2D eigenvalue weighted by molar-refractivity contribution is 0.195. The van der Waals surface area contributed by atoms with Crippen molar-refractivity contribution in [2.45, 2.75) is 12.8 Å². The summed E-state index contributed by atoms with van der Waals surface area (Å²) in [5, 5.41) is 0. The van der Waals surface area contributed by atoms with Gasteiger partial charge in [0.15, 0.2) is 0 Å². The normalized spacial score (nSPS) is 16.6. The van der Waals surface area contributed by atoms with Crippen molar-refractivity contribution in [3.63, 3.8) is 0 Å². The molecule has 0 aliphatic carbocycles. The standard InChI is InChI=1S/C11H15N3O3S/c1-17-7-3-5-8-4-2-6-9-10(8)11(12)14-18(15,16)13-9/h2,4,6,13H,3,5,7H2,1H3,(H2,12,14). The van der Waals surface area contributed by atoms with Crippen molar-refractivity contribution in [3.8, 4) is 0 Å². The van der Waals surface area contributed by atoms with Crippen LogP contribution >= 0.6 is 0 Å². The Hall–Kier alpha value is -1.60. The molecule has 3 N–H and O–H groups in total. The second kappa shape index (κ2) is 4.95. The van der Waals surface area contributed by atoms with E-state index in [4.69, 9.17) is 10.5 Å². The maximum atomic E-state index is 11.4. The van der Waals surface area contributed by atoms with Gasteiger partial charge in [0.1, 0.15) is 5.84 Å². The predicted octanol–water partition coefficient (Wildman–Crippen LogP) is 0.641. The third-order valence-corrected chi connectivity index (χ3v) is 3.57. The molecule has 2 rings (SSSR count). The van der Waals surface area contributed by atoms with E-state index in [1.54, 1.807) is 19.2 Å². The van der Waals surface area contributed by atoms with Crippen LogP contribution in [-0.2, 0) is 21.4 Å². The predicted molar refractivity (Wildman–Crippen MR) is 69.9 cm³/mol. The fourth-order valence-corrected chi connectivity index (χ4v) is 2.78. The summed E-state index contributed by atoms with van der Waals surface area (Å²) in [6, 6.07) is 5.38. The summed E-state index contributed by atoms with van der Waals surface area (Å²) in [5.41, 5.74) is 7.85. The molecule has 1 heterocycles. The maximum absolute atomic E-state index is 11.4. The van der Waals surface area contributed by atoms with Crippen molar-refractivity contribution >= 4 is 21.7 Å². The largest absolute Gasteiger partial charge is 0.385 e. The molecule has 0 atom stereocenters. The Balaban J connectivity index is 2.36. The Bertz CT molecular complexity index is 581. The molecule has 0 bridgehead atoms. The van der Waals surface area contributed by atoms with Crippen LogP contribution in [0.2, 0.25) is 0 Å². The van der Waals surface area contributed by atoms with Crippen molar-refractivity contribution < 1.29 is 13.2 Å². The SMILES string of the molecule is COCCCc1cccc2c1C(N)=NS(=O)(=O)N2. The highest BCUT2D eigenvalue weighted by molar-refractivity contribution is 7.91. The zero-order valence-electron chi connectivity index (χ0n) is 10.0. The summed E-state index contributed by atoms with van der Waals surface area (Å²) >= 11 is 0. The quantitative estimate of drug-likeness (QED) is 0.784. The minimum atomic E-state index is -3.70. The lowest BCUT2D eigenvalue weighted by Crippen LogP contribution is -2.27. The van der Waals surface area contributed by atoms with Crippen molar-refractivity contribution in [2.75, 3.05) is 18.4 Å². The topological polar surface area (TPSA) is 93.8 Å². The molecule has 1 aliphatic rings. The third-order valence-electron chi connectivity index (χ3n) is 2.66. The van der Waals surface area contributed by atoms with Gasteiger partial charge in [0.05, 0.1) is 5.69 Å². The molecule has 0 unspecified atom stereocenters. The average Bonchev–Trinajstić information content (AvgIpc) is 2.27. The van der Waals surface area contributed by atoms with Gasteiger partial charge >= 0.3 is 10.2 Å². The van der Waals surface area contributed by atoms with Crippen molar-refractivity contribution in [3.05, 3.63) is 29.3 Å². The first-order chi connectivity index (χ1) is 8.53. The summed E-state index contributed by atoms with van der Waals surface area (Å²) in [6.07, 6.45) is 1.60. The molecule has 18 heavy (non-hydrogen) atoms. The molecule has 0 saturated heterocycles. The van der Waals surface area contributed by atoms with E-state index in [0.717, 1.165) is 18.4 Å². The number of amidine groups is 1. The van der Waals surface area contributed by atoms with Crippen LogP contribution in [0.4, 0.5) is 5.69 Å². The van der Waals surface area contributed by atoms with Crippen LogP contribution in [0.25, 0.3) is 0 Å². The Morgan fingerprint density at radius 3 is 2.94 bits per heavy atom. The van der Waals surface area contributed by atoms with E-state index in [2.05, 4.69) is 9.12 Å². The van der Waals surface area contributed by atoms with Crippen molar-refractivity contribution in [1.82, 2.24) is 0 Å². The average molecular weight is 269 g/mol. The Morgan fingerprint density at radius 2 is 2.22 bits per heavy atom. The molecule has 0 aromatic heterocycles. The van der Waals surface area contributed by atoms with Crippen LogP contribution in [0.15, 0.2) is 22.6 Å². The zero-order valence-corrected chi connectivity index (χ0v) is 10.8. The Kier molecular flexibility index (Phi) is 3.53. The summed E-state index contributed by atoms with van der Waals surface area (Å²) in [4.78, 5) is 0. The van der Waals surface area contributed by atoms with Gasteiger partial charge in [0.25, 0.3) is 0 Å². The molecule has 1 aromatic carbocycles. The van der Waals surface area contributed by atoms with Crippen LogP contribution in [-0.4, -0.2) is 28.0 Å². The van der Waals surface area contributed by atoms with Crippen LogP contribution in [0, 0.1) is 0 Å². The number of benzene rings is 1. The number of anilines is 1. The van der Waals surface area contributed by atoms with E-state index in [1.807, 2.05) is 6.07 Å². The van der Waals surface area contributed by atoms with Gasteiger partial charge in [-0.15, -0.1) is 4.40 Å². The number of methoxy groups -OCH3 is 1. The number of ether oxygens (including phenoxy) is 1. The fourth-order valence-electron chi connectivity index (χ4n) is 1.94. The fraction of sp³-hybridized carbons (Fsp3) is 0.364. The zero-order chi connectivity index (χ0) is 13.2. The third kappa shape index (κ3) is 2.62. The summed E-state index contributed by atoms with van der Waals surface area (Å²) in [6.45, 7) is 0.645. The van der Waals surface area contributed by atoms with E-state index in [1.165, 1.54) is 0 Å². The number of fused-ring (bicyclic) bond motifs is 1. The van der Waals surface area contributed by atoms with Crippen LogP contribution < -0.4 is 10.5 Å². The highest BCUT2D eigenvalue weighted by Gasteiger charge is 2.22. The molecule has 7 heteroatoms. The number of nitrogens with two attached hydrogens (primary N) is 1. The first-order valence-corrected chi connectivity index (χ1v) is 6.97. The molecule has 0 fully saturated rings. The molecular weight excluding hydrogens is 254 g/mol. The van der Waals surface area contributed by atoms with Gasteiger partial charge in [-0.25, -0.2) is 0 Å². The molecular formula is C11H15N3O3S. The van der Waals surface area contributed by atoms with E-state index in [-0.39, 0.29) is 5.84 Å². The van der Waals surface area contributed by atoms with Gasteiger partial charge in [0, 0.05) is 19.3 Å². The number of hydrogen-bond donors (Lipinski definition) is 2. The van der Waals surface area contributed by atoms with Gasteiger partial charge in [0.2, 0.25) is 0 Å². The van der Waals surface area contributed by atoms with Crippen LogP contribution in [0.1, 0.15) is 17.5 Å². The number of nitrogens with one attached hydrogen (secondary N) is 1. The molecule has 1 aliphatic heterocycles. The molecule has 0 radical (unpaired) electrons. The lowest BCUT2D eigenvalue weighted by Gasteiger charge is -2.18. The first-order valence-electron chi connectivity index (χ1n) is 5.53. The van der Waals surface area contributed by atoms with Gasteiger partial charge in [-0.05, 0) is 24.5 Å². The van der Waals surface area contributed by atoms with Gasteiger partial charge in [-0.1, -0.05) is 12.1 Å². The molecule has 0 amide bonds. The molecule has 98 valence electrons. The minimum Gasteiger partial charge on any atom is -0.385 e. The summed E-state index contributed by atoms with van der Waals surface area (Å²) in [7, 11) is -2.06. The highest BCUT2D eigenvalue weighted by Crippen LogP contribution is 2.26. The van der Waals surface area contributed by atoms with Crippen molar-refractivity contribution in [1.29, 1.82) is 0 Å². The molecule has 0 spiro atoms.